The summed E-state index contributed by atoms with van der Waals surface area (Å²) in [6.45, 7) is 0.907. The molecule has 2 rings (SSSR count). The number of ether oxygens (including phenoxy) is 1. The van der Waals surface area contributed by atoms with Crippen molar-refractivity contribution in [1.82, 2.24) is 5.32 Å². The molecule has 4 heteroatoms. The van der Waals surface area contributed by atoms with Gasteiger partial charge in [0.2, 0.25) is 0 Å². The Hall–Kier alpha value is -0.970. The van der Waals surface area contributed by atoms with Crippen molar-refractivity contribution in [3.8, 4) is 5.75 Å². The molecule has 0 amide bonds. The molecule has 0 heterocycles. The highest BCUT2D eigenvalue weighted by atomic mass is 79.9. The van der Waals surface area contributed by atoms with E-state index in [2.05, 4.69) is 51.6 Å². The van der Waals surface area contributed by atoms with Gasteiger partial charge >= 0.3 is 0 Å². The minimum atomic E-state index is 0.897. The van der Waals surface area contributed by atoms with Gasteiger partial charge in [-0.2, -0.15) is 0 Å². The number of rotatable bonds is 6. The van der Waals surface area contributed by atoms with E-state index in [0.717, 1.165) is 22.5 Å². The second-order valence-corrected chi connectivity index (χ2v) is 6.38. The Morgan fingerprint density at radius 1 is 1.15 bits per heavy atom. The van der Waals surface area contributed by atoms with E-state index in [4.69, 9.17) is 4.74 Å². The van der Waals surface area contributed by atoms with E-state index in [1.807, 2.05) is 30.9 Å². The lowest BCUT2D eigenvalue weighted by Crippen LogP contribution is -2.04. The highest BCUT2D eigenvalue weighted by molar-refractivity contribution is 9.10. The van der Waals surface area contributed by atoms with Crippen LogP contribution in [0.2, 0.25) is 0 Å². The van der Waals surface area contributed by atoms with Crippen LogP contribution < -0.4 is 10.1 Å². The van der Waals surface area contributed by atoms with E-state index in [0.29, 0.717) is 0 Å². The highest BCUT2D eigenvalue weighted by Crippen LogP contribution is 2.30. The first-order chi connectivity index (χ1) is 9.72. The van der Waals surface area contributed by atoms with Gasteiger partial charge in [0.05, 0.1) is 7.11 Å². The summed E-state index contributed by atoms with van der Waals surface area (Å²) in [5, 5.41) is 3.15. The van der Waals surface area contributed by atoms with Crippen LogP contribution in [0.5, 0.6) is 5.75 Å². The molecule has 0 aliphatic carbocycles. The van der Waals surface area contributed by atoms with Crippen molar-refractivity contribution in [1.29, 1.82) is 0 Å². The second-order valence-electron chi connectivity index (χ2n) is 4.42. The molecular weight excluding hydrogens is 334 g/mol. The maximum Gasteiger partial charge on any atom is 0.122 e. The molecule has 2 aromatic rings. The summed E-state index contributed by atoms with van der Waals surface area (Å²) in [7, 11) is 3.67. The largest absolute Gasteiger partial charge is 0.496 e. The van der Waals surface area contributed by atoms with Crippen LogP contribution in [0.1, 0.15) is 11.1 Å². The van der Waals surface area contributed by atoms with Crippen LogP contribution in [0.15, 0.2) is 51.8 Å². The van der Waals surface area contributed by atoms with Gasteiger partial charge in [0.15, 0.2) is 0 Å². The first kappa shape index (κ1) is 15.4. The fraction of sp³-hybridized carbons (Fsp3) is 0.250. The van der Waals surface area contributed by atoms with E-state index in [1.54, 1.807) is 7.11 Å². The van der Waals surface area contributed by atoms with Crippen molar-refractivity contribution in [2.24, 2.45) is 0 Å². The van der Waals surface area contributed by atoms with Crippen LogP contribution in [0.3, 0.4) is 0 Å². The number of nitrogens with one attached hydrogen (secondary N) is 1. The van der Waals surface area contributed by atoms with Gasteiger partial charge in [-0.1, -0.05) is 28.1 Å². The monoisotopic (exact) mass is 351 g/mol. The fourth-order valence-electron chi connectivity index (χ4n) is 1.93. The summed E-state index contributed by atoms with van der Waals surface area (Å²) < 4.78 is 6.48. The smallest absolute Gasteiger partial charge is 0.122 e. The average molecular weight is 352 g/mol. The molecule has 0 atom stereocenters. The molecule has 0 aliphatic rings. The summed E-state index contributed by atoms with van der Waals surface area (Å²) in [5.41, 5.74) is 2.50. The van der Waals surface area contributed by atoms with E-state index in [-0.39, 0.29) is 0 Å². The molecule has 1 N–H and O–H groups in total. The quantitative estimate of drug-likeness (QED) is 0.775. The van der Waals surface area contributed by atoms with E-state index in [9.17, 15) is 0 Å². The third kappa shape index (κ3) is 4.27. The Morgan fingerprint density at radius 2 is 1.90 bits per heavy atom. The van der Waals surface area contributed by atoms with Crippen LogP contribution in [-0.4, -0.2) is 14.2 Å². The van der Waals surface area contributed by atoms with Crippen molar-refractivity contribution >= 4 is 27.7 Å². The van der Waals surface area contributed by atoms with Crippen LogP contribution >= 0.6 is 27.7 Å². The van der Waals surface area contributed by atoms with Gasteiger partial charge in [0.25, 0.3) is 0 Å². The summed E-state index contributed by atoms with van der Waals surface area (Å²) in [6, 6.07) is 14.8. The lowest BCUT2D eigenvalue weighted by molar-refractivity contribution is 0.411. The lowest BCUT2D eigenvalue weighted by Gasteiger charge is -2.09. The Morgan fingerprint density at radius 3 is 2.55 bits per heavy atom. The SMILES string of the molecule is CNCc1ccc(SCc2cc(Br)ccc2OC)cc1. The zero-order valence-corrected chi connectivity index (χ0v) is 14.1. The highest BCUT2D eigenvalue weighted by Gasteiger charge is 2.05. The molecule has 0 saturated carbocycles. The lowest BCUT2D eigenvalue weighted by atomic mass is 10.2. The van der Waals surface area contributed by atoms with E-state index < -0.39 is 0 Å². The minimum Gasteiger partial charge on any atom is -0.496 e. The van der Waals surface area contributed by atoms with Crippen molar-refractivity contribution in [3.05, 3.63) is 58.1 Å². The number of benzene rings is 2. The Kier molecular flexibility index (Phi) is 5.95. The molecule has 2 nitrogen and oxygen atoms in total. The van der Waals surface area contributed by atoms with Crippen molar-refractivity contribution in [2.45, 2.75) is 17.2 Å². The zero-order valence-electron chi connectivity index (χ0n) is 11.7. The minimum absolute atomic E-state index is 0.897. The number of hydrogen-bond donors (Lipinski definition) is 1. The van der Waals surface area contributed by atoms with E-state index in [1.165, 1.54) is 16.0 Å². The summed E-state index contributed by atoms with van der Waals surface area (Å²) in [6.07, 6.45) is 0. The Balaban J connectivity index is 2.02. The first-order valence-corrected chi connectivity index (χ1v) is 8.19. The maximum atomic E-state index is 5.40. The standard InChI is InChI=1S/C16H18BrNOS/c1-18-10-12-3-6-15(7-4-12)20-11-13-9-14(17)5-8-16(13)19-2/h3-9,18H,10-11H2,1-2H3. The van der Waals surface area contributed by atoms with Gasteiger partial charge in [-0.3, -0.25) is 0 Å². The molecule has 0 fully saturated rings. The average Bonchev–Trinajstić information content (AvgIpc) is 2.47. The molecule has 2 aromatic carbocycles. The predicted octanol–water partition coefficient (Wildman–Crippen LogP) is 4.47. The molecule has 0 radical (unpaired) electrons. The summed E-state index contributed by atoms with van der Waals surface area (Å²) in [5.74, 6) is 1.83. The molecule has 0 aromatic heterocycles. The van der Waals surface area contributed by atoms with Gasteiger partial charge in [0.1, 0.15) is 5.75 Å². The Labute approximate surface area is 133 Å². The molecular formula is C16H18BrNOS. The maximum absolute atomic E-state index is 5.40. The van der Waals surface area contributed by atoms with Gasteiger partial charge in [-0.25, -0.2) is 0 Å². The van der Waals surface area contributed by atoms with Crippen LogP contribution in [0, 0.1) is 0 Å². The zero-order chi connectivity index (χ0) is 14.4. The first-order valence-electron chi connectivity index (χ1n) is 6.41. The fourth-order valence-corrected chi connectivity index (χ4v) is 3.21. The number of hydrogen-bond acceptors (Lipinski definition) is 3. The van der Waals surface area contributed by atoms with Gasteiger partial charge in [-0.05, 0) is 42.9 Å². The van der Waals surface area contributed by atoms with Crippen molar-refractivity contribution < 1.29 is 4.74 Å². The van der Waals surface area contributed by atoms with Gasteiger partial charge in [-0.15, -0.1) is 11.8 Å². The molecule has 0 bridgehead atoms. The van der Waals surface area contributed by atoms with Gasteiger partial charge in [0, 0.05) is 27.2 Å². The van der Waals surface area contributed by atoms with Crippen LogP contribution in [0.25, 0.3) is 0 Å². The number of methoxy groups -OCH3 is 1. The van der Waals surface area contributed by atoms with Crippen LogP contribution in [-0.2, 0) is 12.3 Å². The van der Waals surface area contributed by atoms with Gasteiger partial charge < -0.3 is 10.1 Å². The van der Waals surface area contributed by atoms with Crippen molar-refractivity contribution in [3.63, 3.8) is 0 Å². The van der Waals surface area contributed by atoms with Crippen LogP contribution in [0.4, 0.5) is 0 Å². The molecule has 0 spiro atoms. The predicted molar refractivity (Wildman–Crippen MR) is 89.5 cm³/mol. The third-order valence-corrected chi connectivity index (χ3v) is 4.50. The third-order valence-electron chi connectivity index (χ3n) is 2.94. The van der Waals surface area contributed by atoms with E-state index >= 15 is 0 Å². The summed E-state index contributed by atoms with van der Waals surface area (Å²) >= 11 is 5.32. The molecule has 0 aliphatic heterocycles. The number of halogens is 1. The summed E-state index contributed by atoms with van der Waals surface area (Å²) in [4.78, 5) is 1.27. The molecule has 106 valence electrons. The molecule has 0 saturated heterocycles. The molecule has 20 heavy (non-hydrogen) atoms. The second kappa shape index (κ2) is 7.72. The van der Waals surface area contributed by atoms with Crippen molar-refractivity contribution in [2.75, 3.05) is 14.2 Å². The normalized spacial score (nSPS) is 10.6. The Bertz CT molecular complexity index is 557. The number of thioether (sulfide) groups is 1. The topological polar surface area (TPSA) is 21.3 Å². The molecule has 0 unspecified atom stereocenters.